The summed E-state index contributed by atoms with van der Waals surface area (Å²) in [6, 6.07) is 25.1. The van der Waals surface area contributed by atoms with Crippen LogP contribution in [0.15, 0.2) is 91.0 Å². The Kier molecular flexibility index (Phi) is 8.12. The van der Waals surface area contributed by atoms with Crippen LogP contribution in [0.2, 0.25) is 0 Å². The number of rotatable bonds is 11. The van der Waals surface area contributed by atoms with Gasteiger partial charge in [0.1, 0.15) is 18.1 Å². The van der Waals surface area contributed by atoms with E-state index in [2.05, 4.69) is 29.3 Å². The number of hydrogen-bond donors (Lipinski definition) is 2. The van der Waals surface area contributed by atoms with Crippen LogP contribution < -0.4 is 20.1 Å². The fourth-order valence-electron chi connectivity index (χ4n) is 2.88. The normalized spacial score (nSPS) is 10.2. The summed E-state index contributed by atoms with van der Waals surface area (Å²) in [5, 5.41) is 6.01. The van der Waals surface area contributed by atoms with Crippen LogP contribution in [0.5, 0.6) is 11.5 Å². The number of nitrogens with one attached hydrogen (secondary N) is 2. The van der Waals surface area contributed by atoms with Gasteiger partial charge in [-0.05, 0) is 42.3 Å². The molecular weight excluding hydrogens is 388 g/mol. The van der Waals surface area contributed by atoms with Gasteiger partial charge in [0.2, 0.25) is 5.91 Å². The molecule has 5 heteroatoms. The standard InChI is InChI=1S/C26H28N2O3/c1-20(2)19-31-25-13-6-10-22(16-25)27-18-26(29)28-23-11-7-12-24(17-23)30-15-14-21-8-4-3-5-9-21/h3-13,16-17,27H,1,14-15,18-19H2,2H3,(H,28,29). The number of benzene rings is 3. The first-order chi connectivity index (χ1) is 15.1. The summed E-state index contributed by atoms with van der Waals surface area (Å²) in [5.74, 6) is 1.31. The van der Waals surface area contributed by atoms with Crippen LogP contribution in [-0.4, -0.2) is 25.7 Å². The lowest BCUT2D eigenvalue weighted by Gasteiger charge is -2.11. The lowest BCUT2D eigenvalue weighted by molar-refractivity contribution is -0.114. The van der Waals surface area contributed by atoms with Crippen molar-refractivity contribution in [3.63, 3.8) is 0 Å². The van der Waals surface area contributed by atoms with Crippen LogP contribution in [-0.2, 0) is 11.2 Å². The van der Waals surface area contributed by atoms with E-state index in [0.717, 1.165) is 29.2 Å². The van der Waals surface area contributed by atoms with Crippen LogP contribution in [0.25, 0.3) is 0 Å². The topological polar surface area (TPSA) is 59.6 Å². The zero-order valence-corrected chi connectivity index (χ0v) is 17.8. The van der Waals surface area contributed by atoms with Crippen molar-refractivity contribution in [2.45, 2.75) is 13.3 Å². The number of anilines is 2. The molecule has 0 saturated heterocycles. The number of amides is 1. The van der Waals surface area contributed by atoms with E-state index in [1.54, 1.807) is 0 Å². The smallest absolute Gasteiger partial charge is 0.243 e. The second-order valence-corrected chi connectivity index (χ2v) is 7.29. The van der Waals surface area contributed by atoms with Gasteiger partial charge in [0.15, 0.2) is 0 Å². The Balaban J connectivity index is 1.45. The van der Waals surface area contributed by atoms with E-state index >= 15 is 0 Å². The second-order valence-electron chi connectivity index (χ2n) is 7.29. The summed E-state index contributed by atoms with van der Waals surface area (Å²) in [6.45, 7) is 6.92. The second kappa shape index (κ2) is 11.5. The molecule has 2 N–H and O–H groups in total. The van der Waals surface area contributed by atoms with Crippen molar-refractivity contribution in [1.82, 2.24) is 0 Å². The van der Waals surface area contributed by atoms with Crippen LogP contribution >= 0.6 is 0 Å². The van der Waals surface area contributed by atoms with Crippen molar-refractivity contribution in [2.75, 3.05) is 30.4 Å². The fourth-order valence-corrected chi connectivity index (χ4v) is 2.88. The number of hydrogen-bond acceptors (Lipinski definition) is 4. The molecule has 0 unspecified atom stereocenters. The molecule has 0 saturated carbocycles. The molecule has 0 aromatic heterocycles. The van der Waals surface area contributed by atoms with Crippen LogP contribution in [0.1, 0.15) is 12.5 Å². The molecule has 1 amide bonds. The van der Waals surface area contributed by atoms with Gasteiger partial charge in [0.05, 0.1) is 13.2 Å². The first-order valence-corrected chi connectivity index (χ1v) is 10.3. The van der Waals surface area contributed by atoms with Crippen molar-refractivity contribution in [3.8, 4) is 11.5 Å². The Morgan fingerprint density at radius 3 is 2.29 bits per heavy atom. The van der Waals surface area contributed by atoms with Gasteiger partial charge in [-0.25, -0.2) is 0 Å². The molecule has 3 rings (SSSR count). The molecule has 0 radical (unpaired) electrons. The molecule has 160 valence electrons. The van der Waals surface area contributed by atoms with E-state index in [0.29, 0.717) is 18.9 Å². The zero-order chi connectivity index (χ0) is 21.9. The van der Waals surface area contributed by atoms with E-state index in [4.69, 9.17) is 9.47 Å². The van der Waals surface area contributed by atoms with Crippen molar-refractivity contribution in [2.24, 2.45) is 0 Å². The number of ether oxygens (including phenoxy) is 2. The number of carbonyl (C=O) groups is 1. The lowest BCUT2D eigenvalue weighted by Crippen LogP contribution is -2.21. The van der Waals surface area contributed by atoms with E-state index in [-0.39, 0.29) is 12.5 Å². The zero-order valence-electron chi connectivity index (χ0n) is 17.8. The average Bonchev–Trinajstić information content (AvgIpc) is 2.78. The predicted octanol–water partition coefficient (Wildman–Crippen LogP) is 5.31. The first-order valence-electron chi connectivity index (χ1n) is 10.3. The molecule has 0 atom stereocenters. The maximum Gasteiger partial charge on any atom is 0.243 e. The average molecular weight is 417 g/mol. The third kappa shape index (κ3) is 7.90. The third-order valence-corrected chi connectivity index (χ3v) is 4.39. The molecule has 0 spiro atoms. The number of carbonyl (C=O) groups excluding carboxylic acids is 1. The summed E-state index contributed by atoms with van der Waals surface area (Å²) in [6.07, 6.45) is 0.830. The Morgan fingerprint density at radius 2 is 1.55 bits per heavy atom. The molecule has 0 bridgehead atoms. The first kappa shape index (κ1) is 22.0. The summed E-state index contributed by atoms with van der Waals surface area (Å²) in [4.78, 5) is 12.3. The summed E-state index contributed by atoms with van der Waals surface area (Å²) >= 11 is 0. The van der Waals surface area contributed by atoms with Gasteiger partial charge in [-0.1, -0.05) is 49.0 Å². The van der Waals surface area contributed by atoms with Crippen molar-refractivity contribution in [3.05, 3.63) is 96.6 Å². The maximum absolute atomic E-state index is 12.3. The molecule has 31 heavy (non-hydrogen) atoms. The van der Waals surface area contributed by atoms with Gasteiger partial charge in [-0.15, -0.1) is 0 Å². The molecule has 0 heterocycles. The van der Waals surface area contributed by atoms with Crippen LogP contribution in [0.3, 0.4) is 0 Å². The molecule has 0 aliphatic carbocycles. The van der Waals surface area contributed by atoms with Crippen molar-refractivity contribution < 1.29 is 14.3 Å². The minimum Gasteiger partial charge on any atom is -0.493 e. The lowest BCUT2D eigenvalue weighted by atomic mass is 10.2. The van der Waals surface area contributed by atoms with Crippen molar-refractivity contribution in [1.29, 1.82) is 0 Å². The quantitative estimate of drug-likeness (QED) is 0.416. The van der Waals surface area contributed by atoms with E-state index in [9.17, 15) is 4.79 Å². The van der Waals surface area contributed by atoms with Gasteiger partial charge in [0, 0.05) is 29.9 Å². The largest absolute Gasteiger partial charge is 0.493 e. The molecule has 3 aromatic rings. The van der Waals surface area contributed by atoms with Gasteiger partial charge >= 0.3 is 0 Å². The maximum atomic E-state index is 12.3. The van der Waals surface area contributed by atoms with E-state index < -0.39 is 0 Å². The SMILES string of the molecule is C=C(C)COc1cccc(NCC(=O)Nc2cccc(OCCc3ccccc3)c2)c1. The Morgan fingerprint density at radius 1 is 0.871 bits per heavy atom. The predicted molar refractivity (Wildman–Crippen MR) is 126 cm³/mol. The van der Waals surface area contributed by atoms with Gasteiger partial charge in [-0.3, -0.25) is 4.79 Å². The summed E-state index contributed by atoms with van der Waals surface area (Å²) in [5.41, 5.74) is 3.69. The minimum atomic E-state index is -0.144. The van der Waals surface area contributed by atoms with Gasteiger partial charge < -0.3 is 20.1 Å². The van der Waals surface area contributed by atoms with Gasteiger partial charge in [0.25, 0.3) is 0 Å². The highest BCUT2D eigenvalue weighted by atomic mass is 16.5. The van der Waals surface area contributed by atoms with Gasteiger partial charge in [-0.2, -0.15) is 0 Å². The Labute approximate surface area is 183 Å². The third-order valence-electron chi connectivity index (χ3n) is 4.39. The molecule has 3 aromatic carbocycles. The molecule has 0 aliphatic heterocycles. The Bertz CT molecular complexity index is 1000. The monoisotopic (exact) mass is 416 g/mol. The highest BCUT2D eigenvalue weighted by molar-refractivity contribution is 5.93. The molecular formula is C26H28N2O3. The highest BCUT2D eigenvalue weighted by Gasteiger charge is 2.05. The molecule has 0 aliphatic rings. The summed E-state index contributed by atoms with van der Waals surface area (Å²) < 4.78 is 11.5. The van der Waals surface area contributed by atoms with E-state index in [1.165, 1.54) is 5.56 Å². The highest BCUT2D eigenvalue weighted by Crippen LogP contribution is 2.19. The minimum absolute atomic E-state index is 0.142. The molecule has 0 fully saturated rings. The van der Waals surface area contributed by atoms with E-state index in [1.807, 2.05) is 73.7 Å². The summed E-state index contributed by atoms with van der Waals surface area (Å²) in [7, 11) is 0. The van der Waals surface area contributed by atoms with Crippen LogP contribution in [0.4, 0.5) is 11.4 Å². The van der Waals surface area contributed by atoms with Crippen LogP contribution in [0, 0.1) is 0 Å². The fraction of sp³-hybridized carbons (Fsp3) is 0.192. The Hall–Kier alpha value is -3.73. The molecule has 5 nitrogen and oxygen atoms in total. The van der Waals surface area contributed by atoms with Crippen molar-refractivity contribution >= 4 is 17.3 Å².